The van der Waals surface area contributed by atoms with Gasteiger partial charge in [0, 0.05) is 19.0 Å². The maximum atomic E-state index is 11.8. The zero-order valence-corrected chi connectivity index (χ0v) is 9.97. The molecule has 1 aliphatic heterocycles. The van der Waals surface area contributed by atoms with Crippen LogP contribution in [0.25, 0.3) is 0 Å². The third-order valence-electron chi connectivity index (χ3n) is 1.91. The Labute approximate surface area is 93.1 Å². The largest absolute Gasteiger partial charge is 0.356 e. The van der Waals surface area contributed by atoms with Crippen molar-refractivity contribution in [3.05, 3.63) is 24.3 Å². The van der Waals surface area contributed by atoms with Gasteiger partial charge in [-0.2, -0.15) is 8.42 Å². The van der Waals surface area contributed by atoms with E-state index >= 15 is 0 Å². The topological polar surface area (TPSA) is 49.7 Å². The van der Waals surface area contributed by atoms with Crippen LogP contribution < -0.4 is 0 Å². The van der Waals surface area contributed by atoms with E-state index in [0.717, 1.165) is 4.90 Å². The van der Waals surface area contributed by atoms with E-state index in [0.29, 0.717) is 10.1 Å². The van der Waals surface area contributed by atoms with Crippen LogP contribution in [-0.2, 0) is 10.0 Å². The molecule has 0 N–H and O–H groups in total. The van der Waals surface area contributed by atoms with Gasteiger partial charge in [-0.3, -0.25) is 0 Å². The number of nitrogens with zero attached hydrogens (tertiary/aromatic N) is 2. The number of benzene rings is 1. The molecule has 0 fully saturated rings. The first-order valence-electron chi connectivity index (χ1n) is 4.30. The molecule has 1 heterocycles. The molecular formula is C9H10N2O2S2. The Morgan fingerprint density at radius 3 is 2.60 bits per heavy atom. The zero-order valence-electron chi connectivity index (χ0n) is 8.34. The lowest BCUT2D eigenvalue weighted by Crippen LogP contribution is -2.23. The normalized spacial score (nSPS) is 17.9. The Kier molecular flexibility index (Phi) is 2.47. The van der Waals surface area contributed by atoms with Gasteiger partial charge in [-0.15, -0.1) is 4.40 Å². The fourth-order valence-electron chi connectivity index (χ4n) is 1.19. The first kappa shape index (κ1) is 10.5. The van der Waals surface area contributed by atoms with Crippen LogP contribution in [0.3, 0.4) is 0 Å². The number of thioether (sulfide) groups is 1. The van der Waals surface area contributed by atoms with Crippen LogP contribution in [0.1, 0.15) is 0 Å². The highest BCUT2D eigenvalue weighted by Crippen LogP contribution is 2.34. The summed E-state index contributed by atoms with van der Waals surface area (Å²) in [5.74, 6) is 0. The van der Waals surface area contributed by atoms with Crippen molar-refractivity contribution in [3.63, 3.8) is 0 Å². The third kappa shape index (κ3) is 1.87. The zero-order chi connectivity index (χ0) is 11.1. The number of sulfonamides is 1. The minimum atomic E-state index is -3.51. The average Bonchev–Trinajstić information content (AvgIpc) is 2.16. The van der Waals surface area contributed by atoms with Crippen LogP contribution in [0.15, 0.2) is 38.5 Å². The average molecular weight is 242 g/mol. The third-order valence-corrected chi connectivity index (χ3v) is 4.69. The second kappa shape index (κ2) is 3.53. The molecule has 0 radical (unpaired) electrons. The molecule has 0 aliphatic carbocycles. The maximum Gasteiger partial charge on any atom is 0.285 e. The van der Waals surface area contributed by atoms with Crippen LogP contribution in [0.4, 0.5) is 0 Å². The molecule has 0 bridgehead atoms. The Morgan fingerprint density at radius 1 is 1.27 bits per heavy atom. The van der Waals surface area contributed by atoms with Gasteiger partial charge in [0.05, 0.1) is 0 Å². The van der Waals surface area contributed by atoms with Crippen molar-refractivity contribution in [2.24, 2.45) is 4.40 Å². The summed E-state index contributed by atoms with van der Waals surface area (Å²) in [6, 6.07) is 6.89. The summed E-state index contributed by atoms with van der Waals surface area (Å²) >= 11 is 1.36. The number of hydrogen-bond acceptors (Lipinski definition) is 4. The van der Waals surface area contributed by atoms with Gasteiger partial charge >= 0.3 is 0 Å². The molecule has 0 amide bonds. The summed E-state index contributed by atoms with van der Waals surface area (Å²) < 4.78 is 27.3. The standard InChI is InChI=1S/C9H10N2O2S2/c1-11(2)9-10-15(12,13)8-6-4-3-5-7(8)14-9/h3-6H,1-2H3. The molecule has 80 valence electrons. The number of fused-ring (bicyclic) bond motifs is 1. The summed E-state index contributed by atoms with van der Waals surface area (Å²) in [6.45, 7) is 0. The highest BCUT2D eigenvalue weighted by Gasteiger charge is 2.25. The Hall–Kier alpha value is -1.01. The van der Waals surface area contributed by atoms with Gasteiger partial charge in [0.25, 0.3) is 10.0 Å². The van der Waals surface area contributed by atoms with Crippen molar-refractivity contribution in [1.29, 1.82) is 0 Å². The summed E-state index contributed by atoms with van der Waals surface area (Å²) in [5, 5.41) is 0.494. The van der Waals surface area contributed by atoms with Gasteiger partial charge in [0.2, 0.25) is 0 Å². The summed E-state index contributed by atoms with van der Waals surface area (Å²) in [7, 11) is 0.0354. The van der Waals surface area contributed by atoms with E-state index in [1.165, 1.54) is 11.8 Å². The molecule has 0 spiro atoms. The molecule has 0 atom stereocenters. The van der Waals surface area contributed by atoms with Gasteiger partial charge in [-0.05, 0) is 23.9 Å². The molecule has 15 heavy (non-hydrogen) atoms. The van der Waals surface area contributed by atoms with Crippen LogP contribution >= 0.6 is 11.8 Å². The van der Waals surface area contributed by atoms with E-state index in [2.05, 4.69) is 4.40 Å². The van der Waals surface area contributed by atoms with E-state index in [1.54, 1.807) is 37.2 Å². The van der Waals surface area contributed by atoms with E-state index in [4.69, 9.17) is 0 Å². The van der Waals surface area contributed by atoms with Crippen molar-refractivity contribution in [3.8, 4) is 0 Å². The van der Waals surface area contributed by atoms with E-state index in [-0.39, 0.29) is 0 Å². The van der Waals surface area contributed by atoms with Gasteiger partial charge in [0.15, 0.2) is 5.17 Å². The lowest BCUT2D eigenvalue weighted by molar-refractivity contribution is 0.591. The molecule has 0 saturated heterocycles. The molecular weight excluding hydrogens is 232 g/mol. The van der Waals surface area contributed by atoms with Crippen molar-refractivity contribution >= 4 is 27.0 Å². The predicted molar refractivity (Wildman–Crippen MR) is 60.6 cm³/mol. The van der Waals surface area contributed by atoms with E-state index in [9.17, 15) is 8.42 Å². The molecule has 4 nitrogen and oxygen atoms in total. The minimum Gasteiger partial charge on any atom is -0.356 e. The molecule has 0 saturated carbocycles. The van der Waals surface area contributed by atoms with Crippen LogP contribution in [0.5, 0.6) is 0 Å². The Morgan fingerprint density at radius 2 is 1.93 bits per heavy atom. The predicted octanol–water partition coefficient (Wildman–Crippen LogP) is 1.40. The molecule has 0 unspecified atom stereocenters. The summed E-state index contributed by atoms with van der Waals surface area (Å²) in [5.41, 5.74) is 0. The van der Waals surface area contributed by atoms with Crippen molar-refractivity contribution in [2.45, 2.75) is 9.79 Å². The van der Waals surface area contributed by atoms with Crippen molar-refractivity contribution in [1.82, 2.24) is 4.90 Å². The first-order chi connectivity index (χ1) is 7.00. The number of rotatable bonds is 0. The fraction of sp³-hybridized carbons (Fsp3) is 0.222. The highest BCUT2D eigenvalue weighted by molar-refractivity contribution is 8.15. The van der Waals surface area contributed by atoms with Crippen LogP contribution in [0.2, 0.25) is 0 Å². The van der Waals surface area contributed by atoms with Crippen molar-refractivity contribution in [2.75, 3.05) is 14.1 Å². The molecule has 1 aromatic rings. The number of hydrogen-bond donors (Lipinski definition) is 0. The second-order valence-electron chi connectivity index (χ2n) is 3.29. The fourth-order valence-corrected chi connectivity index (χ4v) is 3.81. The van der Waals surface area contributed by atoms with Crippen molar-refractivity contribution < 1.29 is 8.42 Å². The molecule has 1 aromatic carbocycles. The minimum absolute atomic E-state index is 0.292. The molecule has 6 heteroatoms. The molecule has 0 aromatic heterocycles. The van der Waals surface area contributed by atoms with Crippen LogP contribution in [-0.4, -0.2) is 32.6 Å². The van der Waals surface area contributed by atoms with Crippen LogP contribution in [0, 0.1) is 0 Å². The summed E-state index contributed by atoms with van der Waals surface area (Å²) in [6.07, 6.45) is 0. The van der Waals surface area contributed by atoms with Gasteiger partial charge < -0.3 is 4.90 Å². The summed E-state index contributed by atoms with van der Waals surface area (Å²) in [4.78, 5) is 2.72. The van der Waals surface area contributed by atoms with E-state index < -0.39 is 10.0 Å². The molecule has 2 rings (SSSR count). The number of amidine groups is 1. The van der Waals surface area contributed by atoms with Gasteiger partial charge in [-0.25, -0.2) is 0 Å². The SMILES string of the molecule is CN(C)C1=NS(=O)(=O)c2ccccc2S1. The second-order valence-corrected chi connectivity index (χ2v) is 5.87. The van der Waals surface area contributed by atoms with Gasteiger partial charge in [-0.1, -0.05) is 12.1 Å². The first-order valence-corrected chi connectivity index (χ1v) is 6.55. The smallest absolute Gasteiger partial charge is 0.285 e. The Balaban J connectivity index is 2.60. The van der Waals surface area contributed by atoms with Gasteiger partial charge in [0.1, 0.15) is 4.90 Å². The Bertz CT molecular complexity index is 521. The van der Waals surface area contributed by atoms with E-state index in [1.807, 2.05) is 6.07 Å². The lowest BCUT2D eigenvalue weighted by atomic mass is 10.4. The quantitative estimate of drug-likeness (QED) is 0.690. The lowest BCUT2D eigenvalue weighted by Gasteiger charge is -2.19. The molecule has 1 aliphatic rings. The monoisotopic (exact) mass is 242 g/mol. The maximum absolute atomic E-state index is 11.8. The highest BCUT2D eigenvalue weighted by atomic mass is 32.2.